The Bertz CT molecular complexity index is 482. The number of carbonyl (C=O) groups excluding carboxylic acids is 2. The lowest BCUT2D eigenvalue weighted by Gasteiger charge is -2.07. The Morgan fingerprint density at radius 3 is 2.60 bits per heavy atom. The third kappa shape index (κ3) is 5.00. The lowest BCUT2D eigenvalue weighted by molar-refractivity contribution is -0.142. The van der Waals surface area contributed by atoms with Gasteiger partial charge in [-0.3, -0.25) is 4.79 Å². The second kappa shape index (κ2) is 8.31. The van der Waals surface area contributed by atoms with Crippen LogP contribution in [0.1, 0.15) is 30.6 Å². The Balaban J connectivity index is 2.55. The van der Waals surface area contributed by atoms with E-state index in [4.69, 9.17) is 21.1 Å². The van der Waals surface area contributed by atoms with Crippen molar-refractivity contribution in [3.05, 3.63) is 16.9 Å². The summed E-state index contributed by atoms with van der Waals surface area (Å²) in [5.74, 6) is -0.655. The summed E-state index contributed by atoms with van der Waals surface area (Å²) in [4.78, 5) is 30.4. The lowest BCUT2D eigenvalue weighted by Crippen LogP contribution is -2.14. The van der Waals surface area contributed by atoms with Crippen LogP contribution < -0.4 is 5.32 Å². The van der Waals surface area contributed by atoms with Gasteiger partial charge in [0.1, 0.15) is 10.7 Å². The Morgan fingerprint density at radius 1 is 1.30 bits per heavy atom. The van der Waals surface area contributed by atoms with E-state index in [1.165, 1.54) is 6.20 Å². The summed E-state index contributed by atoms with van der Waals surface area (Å²) >= 11 is 5.87. The van der Waals surface area contributed by atoms with Gasteiger partial charge in [-0.15, -0.1) is 0 Å². The molecule has 0 spiro atoms. The highest BCUT2D eigenvalue weighted by Gasteiger charge is 2.14. The monoisotopic (exact) mass is 301 g/mol. The molecule has 0 bridgehead atoms. The fraction of sp³-hybridized carbons (Fsp3) is 0.500. The van der Waals surface area contributed by atoms with Crippen molar-refractivity contribution in [2.24, 2.45) is 0 Å². The van der Waals surface area contributed by atoms with Gasteiger partial charge < -0.3 is 14.8 Å². The summed E-state index contributed by atoms with van der Waals surface area (Å²) in [5, 5.41) is 2.81. The van der Waals surface area contributed by atoms with Gasteiger partial charge in [0.15, 0.2) is 0 Å². The van der Waals surface area contributed by atoms with Crippen LogP contribution in [-0.2, 0) is 14.3 Å². The van der Waals surface area contributed by atoms with Gasteiger partial charge in [0.05, 0.1) is 19.6 Å². The molecule has 20 heavy (non-hydrogen) atoms. The molecule has 1 aromatic rings. The second-order valence-electron chi connectivity index (χ2n) is 3.60. The van der Waals surface area contributed by atoms with E-state index in [1.807, 2.05) is 0 Å². The van der Waals surface area contributed by atoms with Gasteiger partial charge >= 0.3 is 11.9 Å². The van der Waals surface area contributed by atoms with Gasteiger partial charge in [-0.2, -0.15) is 0 Å². The molecule has 1 N–H and O–H groups in total. The van der Waals surface area contributed by atoms with Crippen molar-refractivity contribution in [1.29, 1.82) is 0 Å². The van der Waals surface area contributed by atoms with Gasteiger partial charge in [0, 0.05) is 12.7 Å². The molecule has 0 saturated carbocycles. The van der Waals surface area contributed by atoms with E-state index in [9.17, 15) is 9.59 Å². The predicted molar refractivity (Wildman–Crippen MR) is 72.7 cm³/mol. The first kappa shape index (κ1) is 16.2. The zero-order valence-electron chi connectivity index (χ0n) is 11.3. The molecular formula is C12H16ClN3O4. The molecule has 0 saturated heterocycles. The molecule has 0 aliphatic heterocycles. The standard InChI is InChI=1S/C12H16ClN3O4/c1-3-19-9(17)5-6-14-12-15-7-8(10(13)16-12)11(18)20-4-2/h7H,3-6H2,1-2H3,(H,14,15,16). The van der Waals surface area contributed by atoms with E-state index in [1.54, 1.807) is 13.8 Å². The average Bonchev–Trinajstić information content (AvgIpc) is 2.39. The van der Waals surface area contributed by atoms with E-state index < -0.39 is 5.97 Å². The number of aromatic nitrogens is 2. The molecule has 1 aromatic heterocycles. The Morgan fingerprint density at radius 2 is 2.00 bits per heavy atom. The Kier molecular flexibility index (Phi) is 6.72. The highest BCUT2D eigenvalue weighted by molar-refractivity contribution is 6.32. The van der Waals surface area contributed by atoms with Crippen LogP contribution in [0.5, 0.6) is 0 Å². The molecule has 1 heterocycles. The number of hydrogen-bond donors (Lipinski definition) is 1. The molecule has 110 valence electrons. The van der Waals surface area contributed by atoms with Gasteiger partial charge in [0.25, 0.3) is 0 Å². The Hall–Kier alpha value is -1.89. The fourth-order valence-electron chi connectivity index (χ4n) is 1.30. The van der Waals surface area contributed by atoms with Crippen LogP contribution in [0.4, 0.5) is 5.95 Å². The maximum absolute atomic E-state index is 11.5. The minimum Gasteiger partial charge on any atom is -0.466 e. The molecule has 1 rings (SSSR count). The summed E-state index contributed by atoms with van der Waals surface area (Å²) in [5.41, 5.74) is 0.101. The van der Waals surface area contributed by atoms with Crippen molar-refractivity contribution in [1.82, 2.24) is 9.97 Å². The highest BCUT2D eigenvalue weighted by atomic mass is 35.5. The molecular weight excluding hydrogens is 286 g/mol. The van der Waals surface area contributed by atoms with E-state index in [0.717, 1.165) is 0 Å². The number of hydrogen-bond acceptors (Lipinski definition) is 7. The SMILES string of the molecule is CCOC(=O)CCNc1ncc(C(=O)OCC)c(Cl)n1. The first-order chi connectivity index (χ1) is 9.58. The molecule has 8 heteroatoms. The maximum atomic E-state index is 11.5. The molecule has 7 nitrogen and oxygen atoms in total. The molecule has 0 aliphatic rings. The van der Waals surface area contributed by atoms with Crippen LogP contribution in [0.15, 0.2) is 6.20 Å². The van der Waals surface area contributed by atoms with Crippen molar-refractivity contribution in [3.8, 4) is 0 Å². The zero-order chi connectivity index (χ0) is 15.0. The third-order valence-electron chi connectivity index (χ3n) is 2.16. The second-order valence-corrected chi connectivity index (χ2v) is 3.96. The number of nitrogens with zero attached hydrogens (tertiary/aromatic N) is 2. The molecule has 0 atom stereocenters. The zero-order valence-corrected chi connectivity index (χ0v) is 12.1. The first-order valence-corrected chi connectivity index (χ1v) is 6.55. The predicted octanol–water partition coefficient (Wildman–Crippen LogP) is 1.67. The molecule has 0 aliphatic carbocycles. The molecule has 0 fully saturated rings. The average molecular weight is 302 g/mol. The fourth-order valence-corrected chi connectivity index (χ4v) is 1.51. The summed E-state index contributed by atoms with van der Waals surface area (Å²) in [6.07, 6.45) is 1.47. The van der Waals surface area contributed by atoms with Crippen molar-refractivity contribution in [3.63, 3.8) is 0 Å². The number of nitrogens with one attached hydrogen (secondary N) is 1. The largest absolute Gasteiger partial charge is 0.466 e. The number of anilines is 1. The first-order valence-electron chi connectivity index (χ1n) is 6.17. The number of halogens is 1. The minimum absolute atomic E-state index is 0.00270. The topological polar surface area (TPSA) is 90.4 Å². The number of ether oxygens (including phenoxy) is 2. The third-order valence-corrected chi connectivity index (χ3v) is 2.44. The summed E-state index contributed by atoms with van der Waals surface area (Å²) in [7, 11) is 0. The lowest BCUT2D eigenvalue weighted by atomic mass is 10.3. The van der Waals surface area contributed by atoms with Crippen LogP contribution in [-0.4, -0.2) is 41.7 Å². The summed E-state index contributed by atoms with van der Waals surface area (Å²) in [6, 6.07) is 0. The highest BCUT2D eigenvalue weighted by Crippen LogP contribution is 2.15. The number of esters is 2. The normalized spacial score (nSPS) is 9.95. The van der Waals surface area contributed by atoms with Crippen molar-refractivity contribution in [2.45, 2.75) is 20.3 Å². The van der Waals surface area contributed by atoms with Gasteiger partial charge in [-0.05, 0) is 13.8 Å². The molecule has 0 radical (unpaired) electrons. The van der Waals surface area contributed by atoms with Crippen molar-refractivity contribution in [2.75, 3.05) is 25.1 Å². The van der Waals surface area contributed by atoms with Crippen LogP contribution in [0, 0.1) is 0 Å². The molecule has 0 aromatic carbocycles. The summed E-state index contributed by atoms with van der Waals surface area (Å²) < 4.78 is 9.58. The quantitative estimate of drug-likeness (QED) is 0.605. The smallest absolute Gasteiger partial charge is 0.342 e. The van der Waals surface area contributed by atoms with Gasteiger partial charge in [-0.1, -0.05) is 11.6 Å². The van der Waals surface area contributed by atoms with E-state index >= 15 is 0 Å². The molecule has 0 unspecified atom stereocenters. The van der Waals surface area contributed by atoms with Crippen LogP contribution in [0.2, 0.25) is 5.15 Å². The van der Waals surface area contributed by atoms with Gasteiger partial charge in [-0.25, -0.2) is 14.8 Å². The van der Waals surface area contributed by atoms with Gasteiger partial charge in [0.2, 0.25) is 5.95 Å². The van der Waals surface area contributed by atoms with E-state index in [-0.39, 0.29) is 35.7 Å². The maximum Gasteiger partial charge on any atom is 0.342 e. The minimum atomic E-state index is -0.574. The van der Waals surface area contributed by atoms with E-state index in [2.05, 4.69) is 15.3 Å². The van der Waals surface area contributed by atoms with Crippen molar-refractivity contribution < 1.29 is 19.1 Å². The number of carbonyl (C=O) groups is 2. The van der Waals surface area contributed by atoms with Crippen LogP contribution in [0.25, 0.3) is 0 Å². The summed E-state index contributed by atoms with van der Waals surface area (Å²) in [6.45, 7) is 4.33. The number of rotatable bonds is 7. The van der Waals surface area contributed by atoms with E-state index in [0.29, 0.717) is 13.2 Å². The van der Waals surface area contributed by atoms with Crippen molar-refractivity contribution >= 4 is 29.5 Å². The Labute approximate surface area is 121 Å². The van der Waals surface area contributed by atoms with Crippen LogP contribution >= 0.6 is 11.6 Å². The van der Waals surface area contributed by atoms with Crippen LogP contribution in [0.3, 0.4) is 0 Å². The molecule has 0 amide bonds.